The van der Waals surface area contributed by atoms with Gasteiger partial charge in [0.2, 0.25) is 5.91 Å². The summed E-state index contributed by atoms with van der Waals surface area (Å²) < 4.78 is 0. The molecule has 6 aliphatic rings. The SMILES string of the molecule is CC(C)C1=C2[C@H]3CC[C@@H]4[C@@]5(C)CC[C@H](O)C(C)(C)[C@@H]5CC[C@@]4(C)[C@]3(C)CC[C@@]2(NC(=O)CN2CCCC2)CC1=O. The second kappa shape index (κ2) is 9.40. The summed E-state index contributed by atoms with van der Waals surface area (Å²) in [6.07, 6.45) is 11.3. The first-order valence-electron chi connectivity index (χ1n) is 16.7. The highest BCUT2D eigenvalue weighted by atomic mass is 16.3. The first-order valence-corrected chi connectivity index (χ1v) is 16.7. The van der Waals surface area contributed by atoms with Crippen LogP contribution in [0.1, 0.15) is 119 Å². The summed E-state index contributed by atoms with van der Waals surface area (Å²) in [5.74, 6) is 2.10. The molecule has 2 N–H and O–H groups in total. The molecule has 0 aromatic carbocycles. The lowest BCUT2D eigenvalue weighted by molar-refractivity contribution is -0.227. The predicted molar refractivity (Wildman–Crippen MR) is 160 cm³/mol. The van der Waals surface area contributed by atoms with E-state index in [1.54, 1.807) is 0 Å². The number of carbonyl (C=O) groups excluding carboxylic acids is 2. The molecule has 4 saturated carbocycles. The molecule has 224 valence electrons. The number of nitrogens with zero attached hydrogens (tertiary/aromatic N) is 1. The average Bonchev–Trinajstić information content (AvgIpc) is 3.47. The minimum atomic E-state index is -0.487. The Balaban J connectivity index is 1.37. The maximum Gasteiger partial charge on any atom is 0.234 e. The highest BCUT2D eigenvalue weighted by molar-refractivity contribution is 6.02. The van der Waals surface area contributed by atoms with E-state index in [9.17, 15) is 14.7 Å². The fourth-order valence-corrected chi connectivity index (χ4v) is 12.2. The van der Waals surface area contributed by atoms with Crippen LogP contribution >= 0.6 is 0 Å². The first kappa shape index (κ1) is 28.9. The van der Waals surface area contributed by atoms with Gasteiger partial charge in [0.25, 0.3) is 0 Å². The zero-order valence-electron chi connectivity index (χ0n) is 26.5. The van der Waals surface area contributed by atoms with E-state index in [1.165, 1.54) is 37.7 Å². The quantitative estimate of drug-likeness (QED) is 0.430. The van der Waals surface area contributed by atoms with Crippen LogP contribution in [-0.2, 0) is 9.59 Å². The van der Waals surface area contributed by atoms with Gasteiger partial charge in [0.1, 0.15) is 0 Å². The van der Waals surface area contributed by atoms with E-state index >= 15 is 0 Å². The van der Waals surface area contributed by atoms with Crippen molar-refractivity contribution in [1.29, 1.82) is 0 Å². The number of fused-ring (bicyclic) bond motifs is 7. The lowest BCUT2D eigenvalue weighted by Crippen LogP contribution is -2.67. The Hall–Kier alpha value is -1.20. The Morgan fingerprint density at radius 1 is 0.925 bits per heavy atom. The molecule has 6 rings (SSSR count). The van der Waals surface area contributed by atoms with Crippen LogP contribution in [-0.4, -0.2) is 53.0 Å². The standard InChI is InChI=1S/C35H56N2O3/c1-22(2)29-24(38)20-35(36-28(40)21-37-18-8-9-19-37)17-16-33(6)23(30(29)35)10-11-26-32(5)14-13-27(39)31(3,4)25(32)12-15-34(26,33)7/h22-23,25-27,39H,8-21H2,1-7H3,(H,36,40)/t23-,25+,26-,27+,32+,33-,34-,35-/m1/s1. The number of Topliss-reactive ketones (excluding diaryl/α,β-unsaturated/α-hetero) is 1. The summed E-state index contributed by atoms with van der Waals surface area (Å²) in [6, 6.07) is 0. The molecule has 8 atom stereocenters. The van der Waals surface area contributed by atoms with Crippen molar-refractivity contribution in [2.75, 3.05) is 19.6 Å². The summed E-state index contributed by atoms with van der Waals surface area (Å²) in [6.45, 7) is 19.2. The third-order valence-electron chi connectivity index (χ3n) is 14.4. The second-order valence-electron chi connectivity index (χ2n) is 16.7. The fourth-order valence-electron chi connectivity index (χ4n) is 12.2. The number of amides is 1. The molecular formula is C35H56N2O3. The summed E-state index contributed by atoms with van der Waals surface area (Å²) in [4.78, 5) is 29.5. The van der Waals surface area contributed by atoms with Crippen molar-refractivity contribution in [3.05, 3.63) is 11.1 Å². The third-order valence-corrected chi connectivity index (χ3v) is 14.4. The molecule has 1 heterocycles. The number of ketones is 1. The van der Waals surface area contributed by atoms with Gasteiger partial charge < -0.3 is 10.4 Å². The molecule has 40 heavy (non-hydrogen) atoms. The van der Waals surface area contributed by atoms with Crippen molar-refractivity contribution in [1.82, 2.24) is 10.2 Å². The number of allylic oxidation sites excluding steroid dienone is 1. The molecule has 0 aromatic heterocycles. The maximum atomic E-state index is 13.8. The number of hydrogen-bond acceptors (Lipinski definition) is 4. The van der Waals surface area contributed by atoms with Gasteiger partial charge in [-0.1, -0.05) is 48.5 Å². The molecule has 0 unspecified atom stereocenters. The lowest BCUT2D eigenvalue weighted by atomic mass is 9.33. The van der Waals surface area contributed by atoms with Gasteiger partial charge in [-0.3, -0.25) is 14.5 Å². The van der Waals surface area contributed by atoms with Crippen molar-refractivity contribution in [3.8, 4) is 0 Å². The van der Waals surface area contributed by atoms with Gasteiger partial charge in [0.05, 0.1) is 18.2 Å². The van der Waals surface area contributed by atoms with E-state index in [0.717, 1.165) is 50.8 Å². The van der Waals surface area contributed by atoms with Crippen molar-refractivity contribution in [3.63, 3.8) is 0 Å². The zero-order chi connectivity index (χ0) is 28.9. The van der Waals surface area contributed by atoms with E-state index in [-0.39, 0.29) is 45.4 Å². The molecule has 5 aliphatic carbocycles. The normalized spacial score (nSPS) is 46.6. The minimum absolute atomic E-state index is 0.0430. The van der Waals surface area contributed by atoms with Gasteiger partial charge in [0.15, 0.2) is 5.78 Å². The smallest absolute Gasteiger partial charge is 0.234 e. The molecule has 0 spiro atoms. The topological polar surface area (TPSA) is 69.6 Å². The number of aliphatic hydroxyl groups excluding tert-OH is 1. The van der Waals surface area contributed by atoms with E-state index in [0.29, 0.717) is 30.7 Å². The summed E-state index contributed by atoms with van der Waals surface area (Å²) in [5, 5.41) is 14.6. The van der Waals surface area contributed by atoms with Crippen LogP contribution in [0.2, 0.25) is 0 Å². The van der Waals surface area contributed by atoms with Gasteiger partial charge in [-0.25, -0.2) is 0 Å². The Bertz CT molecular complexity index is 1100. The highest BCUT2D eigenvalue weighted by Crippen LogP contribution is 2.75. The Morgan fingerprint density at radius 2 is 1.62 bits per heavy atom. The number of nitrogens with one attached hydrogen (secondary N) is 1. The van der Waals surface area contributed by atoms with Crippen LogP contribution in [0.5, 0.6) is 0 Å². The van der Waals surface area contributed by atoms with Crippen molar-refractivity contribution >= 4 is 11.7 Å². The molecule has 0 bridgehead atoms. The minimum Gasteiger partial charge on any atom is -0.393 e. The fraction of sp³-hybridized carbons (Fsp3) is 0.886. The van der Waals surface area contributed by atoms with E-state index in [4.69, 9.17) is 0 Å². The summed E-state index contributed by atoms with van der Waals surface area (Å²) >= 11 is 0. The lowest BCUT2D eigenvalue weighted by Gasteiger charge is -2.72. The molecule has 5 heteroatoms. The predicted octanol–water partition coefficient (Wildman–Crippen LogP) is 6.29. The number of aliphatic hydroxyl groups is 1. The van der Waals surface area contributed by atoms with Crippen molar-refractivity contribution < 1.29 is 14.7 Å². The number of likely N-dealkylation sites (tertiary alicyclic amines) is 1. The molecule has 5 nitrogen and oxygen atoms in total. The molecule has 0 aromatic rings. The van der Waals surface area contributed by atoms with Crippen LogP contribution < -0.4 is 5.32 Å². The highest BCUT2D eigenvalue weighted by Gasteiger charge is 2.70. The summed E-state index contributed by atoms with van der Waals surface area (Å²) in [5.41, 5.74) is 2.38. The van der Waals surface area contributed by atoms with E-state index in [1.807, 2.05) is 0 Å². The van der Waals surface area contributed by atoms with Gasteiger partial charge >= 0.3 is 0 Å². The molecule has 1 amide bonds. The van der Waals surface area contributed by atoms with Crippen LogP contribution in [0, 0.1) is 45.3 Å². The monoisotopic (exact) mass is 552 g/mol. The van der Waals surface area contributed by atoms with Gasteiger partial charge in [0, 0.05) is 6.42 Å². The Kier molecular flexibility index (Phi) is 6.79. The molecule has 1 aliphatic heterocycles. The van der Waals surface area contributed by atoms with Crippen LogP contribution in [0.25, 0.3) is 0 Å². The Morgan fingerprint density at radius 3 is 2.30 bits per heavy atom. The average molecular weight is 553 g/mol. The summed E-state index contributed by atoms with van der Waals surface area (Å²) in [7, 11) is 0. The first-order chi connectivity index (χ1) is 18.7. The van der Waals surface area contributed by atoms with Crippen LogP contribution in [0.15, 0.2) is 11.1 Å². The largest absolute Gasteiger partial charge is 0.393 e. The van der Waals surface area contributed by atoms with Crippen molar-refractivity contribution in [2.45, 2.75) is 131 Å². The third kappa shape index (κ3) is 3.84. The molecule has 1 saturated heterocycles. The molecular weight excluding hydrogens is 496 g/mol. The van der Waals surface area contributed by atoms with Gasteiger partial charge in [-0.05, 0) is 134 Å². The van der Waals surface area contributed by atoms with Crippen LogP contribution in [0.4, 0.5) is 0 Å². The molecule has 0 radical (unpaired) electrons. The molecule has 5 fully saturated rings. The van der Waals surface area contributed by atoms with Gasteiger partial charge in [-0.15, -0.1) is 0 Å². The van der Waals surface area contributed by atoms with Crippen LogP contribution in [0.3, 0.4) is 0 Å². The van der Waals surface area contributed by atoms with E-state index < -0.39 is 5.54 Å². The van der Waals surface area contributed by atoms with Crippen molar-refractivity contribution in [2.24, 2.45) is 45.3 Å². The second-order valence-corrected chi connectivity index (χ2v) is 16.7. The zero-order valence-corrected chi connectivity index (χ0v) is 26.5. The van der Waals surface area contributed by atoms with Gasteiger partial charge in [-0.2, -0.15) is 0 Å². The number of hydrogen-bond donors (Lipinski definition) is 2. The van der Waals surface area contributed by atoms with E-state index in [2.05, 4.69) is 58.7 Å². The maximum absolute atomic E-state index is 13.8. The number of carbonyl (C=O) groups is 2. The Labute approximate surface area is 243 Å². The number of rotatable bonds is 4.